The van der Waals surface area contributed by atoms with Crippen molar-refractivity contribution in [2.24, 2.45) is 0 Å². The van der Waals surface area contributed by atoms with E-state index in [-0.39, 0.29) is 16.8 Å². The Bertz CT molecular complexity index is 1140. The Hall–Kier alpha value is -2.75. The van der Waals surface area contributed by atoms with Crippen molar-refractivity contribution in [3.05, 3.63) is 65.7 Å². The second-order valence-electron chi connectivity index (χ2n) is 7.27. The summed E-state index contributed by atoms with van der Waals surface area (Å²) in [7, 11) is -1.94. The molecule has 0 bridgehead atoms. The van der Waals surface area contributed by atoms with Crippen molar-refractivity contribution in [3.8, 4) is 16.3 Å². The van der Waals surface area contributed by atoms with Crippen LogP contribution in [0.15, 0.2) is 64.9 Å². The largest absolute Gasteiger partial charge is 0.497 e. The van der Waals surface area contributed by atoms with Crippen molar-refractivity contribution in [2.45, 2.75) is 23.8 Å². The summed E-state index contributed by atoms with van der Waals surface area (Å²) >= 11 is 1.42. The smallest absolute Gasteiger partial charge is 0.273 e. The van der Waals surface area contributed by atoms with Crippen LogP contribution in [0.5, 0.6) is 5.75 Å². The summed E-state index contributed by atoms with van der Waals surface area (Å²) in [5.74, 6) is 0.641. The second kappa shape index (κ2) is 9.17. The first kappa shape index (κ1) is 21.5. The summed E-state index contributed by atoms with van der Waals surface area (Å²) in [5, 5.41) is 2.54. The van der Waals surface area contributed by atoms with Crippen LogP contribution in [-0.2, 0) is 10.0 Å². The summed E-state index contributed by atoms with van der Waals surface area (Å²) in [6.45, 7) is 0.965. The number of hydrogen-bond acceptors (Lipinski definition) is 6. The van der Waals surface area contributed by atoms with Crippen LogP contribution in [-0.4, -0.2) is 50.5 Å². The lowest BCUT2D eigenvalue weighted by Gasteiger charge is -2.31. The lowest BCUT2D eigenvalue weighted by atomic mass is 10.1. The van der Waals surface area contributed by atoms with Gasteiger partial charge in [-0.3, -0.25) is 4.79 Å². The minimum Gasteiger partial charge on any atom is -0.497 e. The maximum absolute atomic E-state index is 12.9. The molecule has 9 heteroatoms. The van der Waals surface area contributed by atoms with Crippen LogP contribution in [0.4, 0.5) is 0 Å². The molecule has 31 heavy (non-hydrogen) atoms. The third kappa shape index (κ3) is 4.95. The summed E-state index contributed by atoms with van der Waals surface area (Å²) < 4.78 is 32.9. The molecule has 0 saturated carbocycles. The number of nitrogens with one attached hydrogen (secondary N) is 1. The molecule has 0 aliphatic carbocycles. The van der Waals surface area contributed by atoms with Gasteiger partial charge in [0.05, 0.1) is 12.0 Å². The Morgan fingerprint density at radius 1 is 1.10 bits per heavy atom. The number of carbonyl (C=O) groups is 1. The van der Waals surface area contributed by atoms with Crippen molar-refractivity contribution in [1.29, 1.82) is 0 Å². The van der Waals surface area contributed by atoms with E-state index < -0.39 is 10.0 Å². The predicted octanol–water partition coefficient (Wildman–Crippen LogP) is 3.40. The Morgan fingerprint density at radius 2 is 1.77 bits per heavy atom. The average molecular weight is 458 g/mol. The van der Waals surface area contributed by atoms with Crippen LogP contribution < -0.4 is 9.46 Å². The summed E-state index contributed by atoms with van der Waals surface area (Å²) in [6, 6.07) is 15.7. The summed E-state index contributed by atoms with van der Waals surface area (Å²) in [6.07, 6.45) is 1.13. The lowest BCUT2D eigenvalue weighted by Crippen LogP contribution is -2.46. The van der Waals surface area contributed by atoms with E-state index in [1.54, 1.807) is 47.7 Å². The highest BCUT2D eigenvalue weighted by molar-refractivity contribution is 7.89. The van der Waals surface area contributed by atoms with Gasteiger partial charge >= 0.3 is 0 Å². The molecule has 1 fully saturated rings. The van der Waals surface area contributed by atoms with Gasteiger partial charge in [-0.1, -0.05) is 18.2 Å². The van der Waals surface area contributed by atoms with E-state index in [1.807, 2.05) is 24.3 Å². The van der Waals surface area contributed by atoms with Gasteiger partial charge in [0.1, 0.15) is 16.5 Å². The minimum atomic E-state index is -3.56. The zero-order valence-corrected chi connectivity index (χ0v) is 18.7. The van der Waals surface area contributed by atoms with E-state index in [1.165, 1.54) is 11.3 Å². The lowest BCUT2D eigenvalue weighted by molar-refractivity contribution is 0.0706. The number of carbonyl (C=O) groups excluding carboxylic acids is 1. The molecule has 1 N–H and O–H groups in total. The van der Waals surface area contributed by atoms with Crippen LogP contribution in [0.25, 0.3) is 10.6 Å². The third-order valence-corrected chi connectivity index (χ3v) is 7.65. The number of benzene rings is 2. The number of sulfonamides is 1. The molecule has 0 spiro atoms. The molecule has 7 nitrogen and oxygen atoms in total. The number of amides is 1. The van der Waals surface area contributed by atoms with Crippen molar-refractivity contribution in [1.82, 2.24) is 14.6 Å². The topological polar surface area (TPSA) is 88.6 Å². The molecule has 1 saturated heterocycles. The maximum Gasteiger partial charge on any atom is 0.273 e. The first-order chi connectivity index (χ1) is 15.0. The van der Waals surface area contributed by atoms with Gasteiger partial charge in [0, 0.05) is 30.1 Å². The Kier molecular flexibility index (Phi) is 6.35. The van der Waals surface area contributed by atoms with Gasteiger partial charge in [0.2, 0.25) is 10.0 Å². The molecular weight excluding hydrogens is 434 g/mol. The van der Waals surface area contributed by atoms with E-state index in [2.05, 4.69) is 9.71 Å². The molecular formula is C22H23N3O4S2. The van der Waals surface area contributed by atoms with E-state index >= 15 is 0 Å². The Labute approximate surface area is 185 Å². The highest BCUT2D eigenvalue weighted by Gasteiger charge is 2.28. The molecule has 0 radical (unpaired) electrons. The molecule has 1 aromatic heterocycles. The van der Waals surface area contributed by atoms with Gasteiger partial charge in [0.25, 0.3) is 5.91 Å². The molecule has 2 heterocycles. The number of methoxy groups -OCH3 is 1. The fourth-order valence-corrected chi connectivity index (χ4v) is 5.61. The molecule has 1 aliphatic heterocycles. The summed E-state index contributed by atoms with van der Waals surface area (Å²) in [5.41, 5.74) is 1.35. The number of nitrogens with zero attached hydrogens (tertiary/aromatic N) is 2. The molecule has 162 valence electrons. The Morgan fingerprint density at radius 3 is 2.42 bits per heavy atom. The number of likely N-dealkylation sites (tertiary alicyclic amines) is 1. The first-order valence-electron chi connectivity index (χ1n) is 9.93. The Balaban J connectivity index is 1.36. The van der Waals surface area contributed by atoms with E-state index in [0.29, 0.717) is 31.6 Å². The van der Waals surface area contributed by atoms with Gasteiger partial charge in [-0.15, -0.1) is 11.3 Å². The van der Waals surface area contributed by atoms with Crippen LogP contribution >= 0.6 is 11.3 Å². The van der Waals surface area contributed by atoms with Crippen LogP contribution in [0.2, 0.25) is 0 Å². The first-order valence-corrected chi connectivity index (χ1v) is 12.3. The van der Waals surface area contributed by atoms with E-state index in [9.17, 15) is 13.2 Å². The second-order valence-corrected chi connectivity index (χ2v) is 9.84. The molecule has 3 aromatic rings. The fourth-order valence-electron chi connectivity index (χ4n) is 3.49. The molecule has 2 aromatic carbocycles. The van der Waals surface area contributed by atoms with Crippen LogP contribution in [0, 0.1) is 0 Å². The van der Waals surface area contributed by atoms with E-state index in [4.69, 9.17) is 4.74 Å². The standard InChI is InChI=1S/C22H23N3O4S2/c1-29-18-9-7-16(8-10-18)21-23-20(15-30-21)22(26)25-13-11-17(12-14-25)24-31(27,28)19-5-3-2-4-6-19/h2-10,15,17,24H,11-14H2,1H3. The van der Waals surface area contributed by atoms with Gasteiger partial charge < -0.3 is 9.64 Å². The average Bonchev–Trinajstić information content (AvgIpc) is 3.30. The number of thiazole rings is 1. The molecule has 0 atom stereocenters. The number of hydrogen-bond donors (Lipinski definition) is 1. The SMILES string of the molecule is COc1ccc(-c2nc(C(=O)N3CCC(NS(=O)(=O)c4ccccc4)CC3)cs2)cc1. The van der Waals surface area contributed by atoms with Crippen molar-refractivity contribution < 1.29 is 17.9 Å². The van der Waals surface area contributed by atoms with E-state index in [0.717, 1.165) is 16.3 Å². The van der Waals surface area contributed by atoms with Crippen molar-refractivity contribution in [2.75, 3.05) is 20.2 Å². The quantitative estimate of drug-likeness (QED) is 0.613. The normalized spacial score (nSPS) is 15.1. The number of rotatable bonds is 6. The number of ether oxygens (including phenoxy) is 1. The van der Waals surface area contributed by atoms with Gasteiger partial charge in [0.15, 0.2) is 0 Å². The van der Waals surface area contributed by atoms with Crippen molar-refractivity contribution in [3.63, 3.8) is 0 Å². The highest BCUT2D eigenvalue weighted by Crippen LogP contribution is 2.26. The van der Waals surface area contributed by atoms with Gasteiger partial charge in [-0.25, -0.2) is 18.1 Å². The molecule has 0 unspecified atom stereocenters. The molecule has 4 rings (SSSR count). The number of aromatic nitrogens is 1. The van der Waals surface area contributed by atoms with Crippen molar-refractivity contribution >= 4 is 27.3 Å². The monoisotopic (exact) mass is 457 g/mol. The highest BCUT2D eigenvalue weighted by atomic mass is 32.2. The predicted molar refractivity (Wildman–Crippen MR) is 120 cm³/mol. The minimum absolute atomic E-state index is 0.125. The zero-order chi connectivity index (χ0) is 21.8. The molecule has 1 aliphatic rings. The third-order valence-electron chi connectivity index (χ3n) is 5.22. The summed E-state index contributed by atoms with van der Waals surface area (Å²) in [4.78, 5) is 19.4. The fraction of sp³-hybridized carbons (Fsp3) is 0.273. The van der Waals surface area contributed by atoms with Crippen LogP contribution in [0.1, 0.15) is 23.3 Å². The van der Waals surface area contributed by atoms with Crippen LogP contribution in [0.3, 0.4) is 0 Å². The van der Waals surface area contributed by atoms with Gasteiger partial charge in [-0.2, -0.15) is 0 Å². The number of piperidine rings is 1. The maximum atomic E-state index is 12.9. The molecule has 1 amide bonds. The van der Waals surface area contributed by atoms with Gasteiger partial charge in [-0.05, 0) is 49.2 Å². The zero-order valence-electron chi connectivity index (χ0n) is 17.0.